The fourth-order valence-corrected chi connectivity index (χ4v) is 2.95. The van der Waals surface area contributed by atoms with Crippen molar-refractivity contribution in [2.75, 3.05) is 27.6 Å². The van der Waals surface area contributed by atoms with Gasteiger partial charge in [0.1, 0.15) is 11.5 Å². The van der Waals surface area contributed by atoms with Crippen molar-refractivity contribution in [1.82, 2.24) is 10.1 Å². The van der Waals surface area contributed by atoms with Crippen molar-refractivity contribution in [3.05, 3.63) is 47.9 Å². The molecule has 0 N–H and O–H groups in total. The minimum atomic E-state index is -0.640. The van der Waals surface area contributed by atoms with Crippen LogP contribution in [-0.2, 0) is 21.0 Å². The van der Waals surface area contributed by atoms with E-state index in [1.807, 2.05) is 6.07 Å². The number of methoxy groups -OCH3 is 2. The van der Waals surface area contributed by atoms with Crippen LogP contribution in [0.15, 0.2) is 46.1 Å². The van der Waals surface area contributed by atoms with Crippen LogP contribution in [0.4, 0.5) is 0 Å². The summed E-state index contributed by atoms with van der Waals surface area (Å²) >= 11 is 0. The van der Waals surface area contributed by atoms with Gasteiger partial charge in [-0.25, -0.2) is 4.79 Å². The number of fused-ring (bicyclic) bond motifs is 1. The molecule has 0 bridgehead atoms. The number of nitrogens with zero attached hydrogens (tertiary/aromatic N) is 3. The summed E-state index contributed by atoms with van der Waals surface area (Å²) in [6, 6.07) is 10.6. The summed E-state index contributed by atoms with van der Waals surface area (Å²) in [5.41, 5.74) is 1.95. The maximum absolute atomic E-state index is 12.0. The predicted octanol–water partition coefficient (Wildman–Crippen LogP) is 2.97. The van der Waals surface area contributed by atoms with E-state index >= 15 is 0 Å². The van der Waals surface area contributed by atoms with E-state index in [0.717, 1.165) is 5.56 Å². The predicted molar refractivity (Wildman–Crippen MR) is 113 cm³/mol. The Morgan fingerprint density at radius 1 is 1.09 bits per heavy atom. The summed E-state index contributed by atoms with van der Waals surface area (Å²) in [6.45, 7) is 1.34. The Hall–Kier alpha value is -4.28. The van der Waals surface area contributed by atoms with Crippen LogP contribution in [0.25, 0.3) is 11.4 Å². The summed E-state index contributed by atoms with van der Waals surface area (Å²) < 4.78 is 31.4. The lowest BCUT2D eigenvalue weighted by Gasteiger charge is -2.07. The highest BCUT2D eigenvalue weighted by molar-refractivity contribution is 5.99. The van der Waals surface area contributed by atoms with Gasteiger partial charge in [0.05, 0.1) is 25.5 Å². The molecule has 11 heteroatoms. The maximum atomic E-state index is 12.0. The van der Waals surface area contributed by atoms with Crippen LogP contribution < -0.4 is 18.9 Å². The maximum Gasteiger partial charge on any atom is 0.347 e. The Balaban J connectivity index is 1.28. The first-order chi connectivity index (χ1) is 16.1. The molecule has 2 aromatic carbocycles. The average molecular weight is 455 g/mol. The first kappa shape index (κ1) is 21.9. The molecule has 0 unspecified atom stereocenters. The number of esters is 1. The molecule has 0 saturated carbocycles. The molecule has 0 spiro atoms. The minimum absolute atomic E-state index is 0.122. The Morgan fingerprint density at radius 3 is 2.76 bits per heavy atom. The van der Waals surface area contributed by atoms with Crippen molar-refractivity contribution >= 4 is 11.7 Å². The third kappa shape index (κ3) is 5.14. The quantitative estimate of drug-likeness (QED) is 0.270. The molecule has 0 saturated heterocycles. The molecule has 0 fully saturated rings. The fraction of sp³-hybridized carbons (Fsp3) is 0.273. The van der Waals surface area contributed by atoms with Crippen LogP contribution in [0.3, 0.4) is 0 Å². The van der Waals surface area contributed by atoms with Gasteiger partial charge in [-0.15, -0.1) is 0 Å². The molecule has 1 aliphatic heterocycles. The van der Waals surface area contributed by atoms with Crippen molar-refractivity contribution in [2.24, 2.45) is 5.16 Å². The lowest BCUT2D eigenvalue weighted by Crippen LogP contribution is -2.11. The number of hydrogen-bond donors (Lipinski definition) is 0. The van der Waals surface area contributed by atoms with Gasteiger partial charge < -0.3 is 33.0 Å². The molecule has 3 aromatic rings. The van der Waals surface area contributed by atoms with Gasteiger partial charge in [0, 0.05) is 11.6 Å². The van der Waals surface area contributed by atoms with Crippen LogP contribution in [0, 0.1) is 0 Å². The van der Waals surface area contributed by atoms with Gasteiger partial charge >= 0.3 is 5.97 Å². The fourth-order valence-electron chi connectivity index (χ4n) is 2.95. The zero-order chi connectivity index (χ0) is 23.2. The molecule has 1 aliphatic rings. The SMILES string of the molecule is COc1ccc(-c2noc(COC(=O)CO/N=C(/C)c3ccc4c(c3)OCO4)n2)c(OC)c1. The Bertz CT molecular complexity index is 1170. The van der Waals surface area contributed by atoms with Gasteiger partial charge in [-0.1, -0.05) is 10.3 Å². The minimum Gasteiger partial charge on any atom is -0.497 e. The van der Waals surface area contributed by atoms with E-state index in [-0.39, 0.29) is 25.9 Å². The van der Waals surface area contributed by atoms with Crippen LogP contribution in [0.5, 0.6) is 23.0 Å². The Kier molecular flexibility index (Phi) is 6.58. The first-order valence-electron chi connectivity index (χ1n) is 9.84. The van der Waals surface area contributed by atoms with Crippen LogP contribution in [-0.4, -0.2) is 49.4 Å². The van der Waals surface area contributed by atoms with E-state index in [0.29, 0.717) is 40.1 Å². The van der Waals surface area contributed by atoms with Gasteiger partial charge in [0.25, 0.3) is 5.89 Å². The molecular formula is C22H21N3O8. The second kappa shape index (κ2) is 9.90. The third-order valence-electron chi connectivity index (χ3n) is 4.65. The van der Waals surface area contributed by atoms with Crippen molar-refractivity contribution in [3.63, 3.8) is 0 Å². The zero-order valence-corrected chi connectivity index (χ0v) is 18.2. The van der Waals surface area contributed by atoms with Crippen molar-refractivity contribution < 1.29 is 37.8 Å². The van der Waals surface area contributed by atoms with Gasteiger partial charge in [-0.05, 0) is 37.3 Å². The molecule has 4 rings (SSSR count). The van der Waals surface area contributed by atoms with Gasteiger partial charge in [0.15, 0.2) is 18.1 Å². The second-order valence-electron chi connectivity index (χ2n) is 6.76. The number of benzene rings is 2. The van der Waals surface area contributed by atoms with Crippen LogP contribution >= 0.6 is 0 Å². The molecule has 0 aliphatic carbocycles. The van der Waals surface area contributed by atoms with Crippen LogP contribution in [0.1, 0.15) is 18.4 Å². The van der Waals surface area contributed by atoms with Gasteiger partial charge in [-0.3, -0.25) is 0 Å². The third-order valence-corrected chi connectivity index (χ3v) is 4.65. The molecule has 1 aromatic heterocycles. The van der Waals surface area contributed by atoms with E-state index in [2.05, 4.69) is 15.3 Å². The van der Waals surface area contributed by atoms with Crippen LogP contribution in [0.2, 0.25) is 0 Å². The average Bonchev–Trinajstić information content (AvgIpc) is 3.51. The summed E-state index contributed by atoms with van der Waals surface area (Å²) in [5, 5.41) is 7.84. The highest BCUT2D eigenvalue weighted by Crippen LogP contribution is 2.33. The molecule has 2 heterocycles. The Morgan fingerprint density at radius 2 is 1.94 bits per heavy atom. The topological polar surface area (TPSA) is 124 Å². The number of oxime groups is 1. The summed E-state index contributed by atoms with van der Waals surface area (Å²) in [5.74, 6) is 2.22. The number of ether oxygens (including phenoxy) is 5. The van der Waals surface area contributed by atoms with Crippen molar-refractivity contribution in [3.8, 4) is 34.4 Å². The highest BCUT2D eigenvalue weighted by atomic mass is 16.7. The molecule has 11 nitrogen and oxygen atoms in total. The number of carbonyl (C=O) groups excluding carboxylic acids is 1. The number of carbonyl (C=O) groups is 1. The lowest BCUT2D eigenvalue weighted by atomic mass is 10.1. The van der Waals surface area contributed by atoms with Gasteiger partial charge in [-0.2, -0.15) is 4.98 Å². The second-order valence-corrected chi connectivity index (χ2v) is 6.76. The highest BCUT2D eigenvalue weighted by Gasteiger charge is 2.16. The molecule has 0 radical (unpaired) electrons. The monoisotopic (exact) mass is 455 g/mol. The molecule has 0 atom stereocenters. The van der Waals surface area contributed by atoms with E-state index in [4.69, 9.17) is 33.0 Å². The van der Waals surface area contributed by atoms with E-state index in [1.54, 1.807) is 44.4 Å². The normalized spacial score (nSPS) is 12.4. The number of hydrogen-bond acceptors (Lipinski definition) is 11. The van der Waals surface area contributed by atoms with E-state index in [1.165, 1.54) is 7.11 Å². The lowest BCUT2D eigenvalue weighted by molar-refractivity contribution is -0.151. The summed E-state index contributed by atoms with van der Waals surface area (Å²) in [6.07, 6.45) is 0. The molecule has 33 heavy (non-hydrogen) atoms. The van der Waals surface area contributed by atoms with Crippen molar-refractivity contribution in [1.29, 1.82) is 0 Å². The zero-order valence-electron chi connectivity index (χ0n) is 18.2. The smallest absolute Gasteiger partial charge is 0.347 e. The molecular weight excluding hydrogens is 434 g/mol. The van der Waals surface area contributed by atoms with E-state index in [9.17, 15) is 4.79 Å². The molecule has 172 valence electrons. The number of rotatable bonds is 9. The summed E-state index contributed by atoms with van der Waals surface area (Å²) in [4.78, 5) is 21.3. The standard InChI is InChI=1S/C22H21N3O8/c1-13(14-4-7-17-19(8-14)31-12-30-17)24-32-11-21(26)29-10-20-23-22(25-33-20)16-6-5-15(27-2)9-18(16)28-3/h4-9H,10-12H2,1-3H3/b24-13-. The molecule has 0 amide bonds. The van der Waals surface area contributed by atoms with Gasteiger partial charge in [0.2, 0.25) is 19.2 Å². The number of aromatic nitrogens is 2. The summed E-state index contributed by atoms with van der Waals surface area (Å²) in [7, 11) is 3.08. The Labute approximate surface area is 188 Å². The van der Waals surface area contributed by atoms with E-state index < -0.39 is 5.97 Å². The van der Waals surface area contributed by atoms with Crippen molar-refractivity contribution in [2.45, 2.75) is 13.5 Å². The first-order valence-corrected chi connectivity index (χ1v) is 9.84. The largest absolute Gasteiger partial charge is 0.497 e.